The van der Waals surface area contributed by atoms with E-state index in [1.54, 1.807) is 16.2 Å². The summed E-state index contributed by atoms with van der Waals surface area (Å²) < 4.78 is 6.10. The van der Waals surface area contributed by atoms with E-state index >= 15 is 0 Å². The number of ether oxygens (including phenoxy) is 1. The van der Waals surface area contributed by atoms with E-state index in [1.165, 1.54) is 4.88 Å². The molecule has 0 unspecified atom stereocenters. The van der Waals surface area contributed by atoms with Crippen LogP contribution in [0.1, 0.15) is 56.2 Å². The minimum Gasteiger partial charge on any atom is -0.491 e. The summed E-state index contributed by atoms with van der Waals surface area (Å²) in [5.41, 5.74) is 1.67. The monoisotopic (exact) mass is 462 g/mol. The van der Waals surface area contributed by atoms with Gasteiger partial charge in [-0.1, -0.05) is 18.5 Å². The summed E-state index contributed by atoms with van der Waals surface area (Å²) in [6.45, 7) is 10.7. The summed E-state index contributed by atoms with van der Waals surface area (Å²) in [5, 5.41) is 2.77. The van der Waals surface area contributed by atoms with Crippen molar-refractivity contribution in [1.82, 2.24) is 9.80 Å². The van der Waals surface area contributed by atoms with Crippen LogP contribution < -0.4 is 4.74 Å². The topological polar surface area (TPSA) is 49.9 Å². The SMILES string of the molecule is CCC(=O)N(CC(=O)N1CCc2sccc2[C@H]1COc1ccc(Cl)c(C)c1)C(C)(C)C. The molecule has 0 saturated heterocycles. The molecule has 0 saturated carbocycles. The van der Waals surface area contributed by atoms with E-state index in [0.717, 1.165) is 23.3 Å². The maximum absolute atomic E-state index is 13.4. The molecule has 0 bridgehead atoms. The Kier molecular flexibility index (Phi) is 7.32. The summed E-state index contributed by atoms with van der Waals surface area (Å²) in [7, 11) is 0. The van der Waals surface area contributed by atoms with Crippen LogP contribution in [0.15, 0.2) is 29.6 Å². The maximum Gasteiger partial charge on any atom is 0.242 e. The second kappa shape index (κ2) is 9.61. The number of amides is 2. The van der Waals surface area contributed by atoms with Gasteiger partial charge in [0.2, 0.25) is 11.8 Å². The van der Waals surface area contributed by atoms with Gasteiger partial charge in [-0.3, -0.25) is 9.59 Å². The van der Waals surface area contributed by atoms with Gasteiger partial charge >= 0.3 is 0 Å². The number of aryl methyl sites for hydroxylation is 1. The van der Waals surface area contributed by atoms with Crippen molar-refractivity contribution in [2.75, 3.05) is 19.7 Å². The zero-order valence-electron chi connectivity index (χ0n) is 18.9. The third-order valence-corrected chi connectivity index (χ3v) is 7.08. The Morgan fingerprint density at radius 3 is 2.68 bits per heavy atom. The van der Waals surface area contributed by atoms with Crippen molar-refractivity contribution in [3.05, 3.63) is 50.7 Å². The first-order chi connectivity index (χ1) is 14.6. The van der Waals surface area contributed by atoms with Gasteiger partial charge in [-0.15, -0.1) is 11.3 Å². The normalized spacial score (nSPS) is 16.1. The van der Waals surface area contributed by atoms with E-state index in [1.807, 2.05) is 57.7 Å². The van der Waals surface area contributed by atoms with Crippen LogP contribution in [0, 0.1) is 6.92 Å². The standard InChI is InChI=1S/C24H31ClN2O3S/c1-6-22(28)27(24(3,4)5)14-23(29)26-11-9-21-18(10-12-31-21)20(26)15-30-17-7-8-19(25)16(2)13-17/h7-8,10,12-13,20H,6,9,11,14-15H2,1-5H3/t20-/m1/s1. The van der Waals surface area contributed by atoms with Crippen molar-refractivity contribution < 1.29 is 14.3 Å². The molecule has 2 amide bonds. The van der Waals surface area contributed by atoms with E-state index in [0.29, 0.717) is 24.6 Å². The second-order valence-electron chi connectivity index (χ2n) is 8.88. The largest absolute Gasteiger partial charge is 0.491 e. The minimum atomic E-state index is -0.418. The first kappa shape index (κ1) is 23.6. The summed E-state index contributed by atoms with van der Waals surface area (Å²) in [4.78, 5) is 30.7. The summed E-state index contributed by atoms with van der Waals surface area (Å²) in [6.07, 6.45) is 1.20. The number of carbonyl (C=O) groups is 2. The quantitative estimate of drug-likeness (QED) is 0.588. The van der Waals surface area contributed by atoms with E-state index in [2.05, 4.69) is 11.4 Å². The molecule has 1 aliphatic rings. The third kappa shape index (κ3) is 5.42. The summed E-state index contributed by atoms with van der Waals surface area (Å²) >= 11 is 7.85. The van der Waals surface area contributed by atoms with Gasteiger partial charge in [0.1, 0.15) is 18.9 Å². The second-order valence-corrected chi connectivity index (χ2v) is 10.3. The number of hydrogen-bond donors (Lipinski definition) is 0. The highest BCUT2D eigenvalue weighted by Gasteiger charge is 2.35. The van der Waals surface area contributed by atoms with Crippen molar-refractivity contribution >= 4 is 34.8 Å². The number of thiophene rings is 1. The number of hydrogen-bond acceptors (Lipinski definition) is 4. The summed E-state index contributed by atoms with van der Waals surface area (Å²) in [5.74, 6) is 0.669. The number of halogens is 1. The van der Waals surface area contributed by atoms with Crippen molar-refractivity contribution in [1.29, 1.82) is 0 Å². The predicted molar refractivity (Wildman–Crippen MR) is 126 cm³/mol. The van der Waals surface area contributed by atoms with Gasteiger partial charge in [0, 0.05) is 28.4 Å². The summed E-state index contributed by atoms with van der Waals surface area (Å²) in [6, 6.07) is 7.48. The molecule has 0 spiro atoms. The lowest BCUT2D eigenvalue weighted by Gasteiger charge is -2.40. The van der Waals surface area contributed by atoms with Gasteiger partial charge in [0.25, 0.3) is 0 Å². The molecule has 2 heterocycles. The smallest absolute Gasteiger partial charge is 0.242 e. The van der Waals surface area contributed by atoms with Crippen LogP contribution in [0.2, 0.25) is 5.02 Å². The van der Waals surface area contributed by atoms with Crippen LogP contribution in [-0.2, 0) is 16.0 Å². The number of carbonyl (C=O) groups excluding carboxylic acids is 2. The average Bonchev–Trinajstić information content (AvgIpc) is 3.20. The number of benzene rings is 1. The Bertz CT molecular complexity index is 951. The molecule has 168 valence electrons. The van der Waals surface area contributed by atoms with Gasteiger partial charge < -0.3 is 14.5 Å². The number of rotatable bonds is 6. The number of nitrogens with zero attached hydrogens (tertiary/aromatic N) is 2. The van der Waals surface area contributed by atoms with Crippen molar-refractivity contribution in [3.8, 4) is 5.75 Å². The first-order valence-electron chi connectivity index (χ1n) is 10.7. The molecule has 3 rings (SSSR count). The van der Waals surface area contributed by atoms with Crippen molar-refractivity contribution in [2.24, 2.45) is 0 Å². The van der Waals surface area contributed by atoms with Gasteiger partial charge in [-0.05, 0) is 74.9 Å². The molecule has 1 aromatic carbocycles. The molecule has 0 aliphatic carbocycles. The molecule has 0 radical (unpaired) electrons. The number of fused-ring (bicyclic) bond motifs is 1. The highest BCUT2D eigenvalue weighted by Crippen LogP contribution is 2.34. The molecule has 0 N–H and O–H groups in total. The molecule has 1 atom stereocenters. The Hall–Kier alpha value is -2.05. The third-order valence-electron chi connectivity index (χ3n) is 5.66. The molecule has 7 heteroatoms. The van der Waals surface area contributed by atoms with Crippen molar-refractivity contribution in [3.63, 3.8) is 0 Å². The van der Waals surface area contributed by atoms with Crippen LogP contribution in [0.5, 0.6) is 5.75 Å². The molecule has 5 nitrogen and oxygen atoms in total. The highest BCUT2D eigenvalue weighted by atomic mass is 35.5. The lowest BCUT2D eigenvalue weighted by Crippen LogP contribution is -2.53. The molecule has 0 fully saturated rings. The van der Waals surface area contributed by atoms with E-state index in [4.69, 9.17) is 16.3 Å². The van der Waals surface area contributed by atoms with Gasteiger partial charge in [-0.25, -0.2) is 0 Å². The molecule has 2 aromatic rings. The average molecular weight is 463 g/mol. The van der Waals surface area contributed by atoms with Gasteiger partial charge in [-0.2, -0.15) is 0 Å². The molecule has 1 aliphatic heterocycles. The zero-order chi connectivity index (χ0) is 22.8. The van der Waals surface area contributed by atoms with Crippen LogP contribution >= 0.6 is 22.9 Å². The van der Waals surface area contributed by atoms with Gasteiger partial charge in [0.05, 0.1) is 6.04 Å². The van der Waals surface area contributed by atoms with Crippen LogP contribution in [-0.4, -0.2) is 46.8 Å². The van der Waals surface area contributed by atoms with Gasteiger partial charge in [0.15, 0.2) is 0 Å². The minimum absolute atomic E-state index is 0.0153. The van der Waals surface area contributed by atoms with E-state index < -0.39 is 5.54 Å². The highest BCUT2D eigenvalue weighted by molar-refractivity contribution is 7.10. The van der Waals surface area contributed by atoms with E-state index in [9.17, 15) is 9.59 Å². The van der Waals surface area contributed by atoms with Crippen molar-refractivity contribution in [2.45, 2.75) is 59.0 Å². The molecule has 31 heavy (non-hydrogen) atoms. The fourth-order valence-corrected chi connectivity index (χ4v) is 4.92. The molecular weight excluding hydrogens is 432 g/mol. The Morgan fingerprint density at radius 1 is 1.29 bits per heavy atom. The molecular formula is C24H31ClN2O3S. The van der Waals surface area contributed by atoms with Crippen LogP contribution in [0.25, 0.3) is 0 Å². The van der Waals surface area contributed by atoms with E-state index in [-0.39, 0.29) is 24.4 Å². The van der Waals surface area contributed by atoms with Crippen LogP contribution in [0.3, 0.4) is 0 Å². The predicted octanol–water partition coefficient (Wildman–Crippen LogP) is 5.25. The Balaban J connectivity index is 1.81. The molecule has 1 aromatic heterocycles. The fraction of sp³-hybridized carbons (Fsp3) is 0.500. The zero-order valence-corrected chi connectivity index (χ0v) is 20.5. The van der Waals surface area contributed by atoms with Crippen LogP contribution in [0.4, 0.5) is 0 Å². The maximum atomic E-state index is 13.4. The lowest BCUT2D eigenvalue weighted by atomic mass is 9.99. The fourth-order valence-electron chi connectivity index (χ4n) is 3.87. The lowest BCUT2D eigenvalue weighted by molar-refractivity contribution is -0.146. The Morgan fingerprint density at radius 2 is 2.03 bits per heavy atom. The Labute approximate surface area is 193 Å². The first-order valence-corrected chi connectivity index (χ1v) is 11.9.